The van der Waals surface area contributed by atoms with Crippen molar-refractivity contribution < 1.29 is 4.79 Å². The van der Waals surface area contributed by atoms with Crippen LogP contribution < -0.4 is 5.32 Å². The van der Waals surface area contributed by atoms with Crippen LogP contribution in [0.2, 0.25) is 0 Å². The highest BCUT2D eigenvalue weighted by molar-refractivity contribution is 5.93. The fourth-order valence-electron chi connectivity index (χ4n) is 2.58. The molecule has 0 unspecified atom stereocenters. The summed E-state index contributed by atoms with van der Waals surface area (Å²) >= 11 is 0. The van der Waals surface area contributed by atoms with Crippen LogP contribution in [0.15, 0.2) is 30.3 Å². The lowest BCUT2D eigenvalue weighted by Gasteiger charge is -2.20. The van der Waals surface area contributed by atoms with Gasteiger partial charge >= 0.3 is 0 Å². The van der Waals surface area contributed by atoms with E-state index in [9.17, 15) is 4.79 Å². The Labute approximate surface area is 115 Å². The summed E-state index contributed by atoms with van der Waals surface area (Å²) in [5.41, 5.74) is 1.31. The first-order valence-corrected chi connectivity index (χ1v) is 6.70. The molecule has 1 saturated heterocycles. The first-order chi connectivity index (χ1) is 9.19. The first kappa shape index (κ1) is 13.6. The lowest BCUT2D eigenvalue weighted by molar-refractivity contribution is -0.116. The normalized spacial score (nSPS) is 22.6. The Balaban J connectivity index is 1.90. The van der Waals surface area contributed by atoms with Gasteiger partial charge in [-0.15, -0.1) is 0 Å². The fraction of sp³-hybridized carbons (Fsp3) is 0.438. The molecule has 3 nitrogen and oxygen atoms in total. The maximum Gasteiger partial charge on any atom is 0.296 e. The molecule has 2 rings (SSSR count). The first-order valence-electron chi connectivity index (χ1n) is 6.70. The predicted molar refractivity (Wildman–Crippen MR) is 76.3 cm³/mol. The van der Waals surface area contributed by atoms with Crippen LogP contribution in [0.5, 0.6) is 0 Å². The monoisotopic (exact) mass is 256 g/mol. The summed E-state index contributed by atoms with van der Waals surface area (Å²) in [5.74, 6) is 5.00. The second kappa shape index (κ2) is 6.40. The average molecular weight is 256 g/mol. The minimum atomic E-state index is -0.165. The van der Waals surface area contributed by atoms with Gasteiger partial charge in [-0.3, -0.25) is 9.69 Å². The molecule has 0 spiro atoms. The van der Waals surface area contributed by atoms with Gasteiger partial charge in [0, 0.05) is 25.2 Å². The zero-order valence-electron chi connectivity index (χ0n) is 11.5. The SMILES string of the molecule is CC#CC(=O)N[C@@H]1C[C@H](C)N(Cc2ccccc2)C1. The number of hydrogen-bond acceptors (Lipinski definition) is 2. The summed E-state index contributed by atoms with van der Waals surface area (Å²) in [6.07, 6.45) is 0.990. The zero-order valence-corrected chi connectivity index (χ0v) is 11.5. The molecule has 1 aliphatic heterocycles. The zero-order chi connectivity index (χ0) is 13.7. The molecule has 100 valence electrons. The molecule has 1 aliphatic rings. The van der Waals surface area contributed by atoms with Crippen LogP contribution in [0.1, 0.15) is 25.8 Å². The van der Waals surface area contributed by atoms with Crippen LogP contribution in [-0.2, 0) is 11.3 Å². The highest BCUT2D eigenvalue weighted by Crippen LogP contribution is 2.20. The van der Waals surface area contributed by atoms with E-state index in [-0.39, 0.29) is 11.9 Å². The van der Waals surface area contributed by atoms with Crippen molar-refractivity contribution in [1.82, 2.24) is 10.2 Å². The molecule has 0 aromatic heterocycles. The van der Waals surface area contributed by atoms with E-state index in [1.165, 1.54) is 5.56 Å². The molecular formula is C16H20N2O. The quantitative estimate of drug-likeness (QED) is 0.836. The molecule has 1 amide bonds. The van der Waals surface area contributed by atoms with Crippen molar-refractivity contribution in [2.24, 2.45) is 0 Å². The van der Waals surface area contributed by atoms with Crippen LogP contribution >= 0.6 is 0 Å². The molecule has 1 fully saturated rings. The largest absolute Gasteiger partial charge is 0.341 e. The van der Waals surface area contributed by atoms with Crippen molar-refractivity contribution in [1.29, 1.82) is 0 Å². The van der Waals surface area contributed by atoms with Crippen molar-refractivity contribution in [3.8, 4) is 11.8 Å². The number of rotatable bonds is 3. The summed E-state index contributed by atoms with van der Waals surface area (Å²) in [6.45, 7) is 5.72. The third kappa shape index (κ3) is 3.84. The fourth-order valence-corrected chi connectivity index (χ4v) is 2.58. The Hall–Kier alpha value is -1.79. The summed E-state index contributed by atoms with van der Waals surface area (Å²) in [5, 5.41) is 2.97. The molecule has 3 heteroatoms. The van der Waals surface area contributed by atoms with Gasteiger partial charge in [-0.25, -0.2) is 0 Å². The van der Waals surface area contributed by atoms with E-state index >= 15 is 0 Å². The van der Waals surface area contributed by atoms with Gasteiger partial charge in [0.25, 0.3) is 5.91 Å². The molecule has 0 bridgehead atoms. The number of nitrogens with one attached hydrogen (secondary N) is 1. The molecule has 0 radical (unpaired) electrons. The number of carbonyl (C=O) groups is 1. The van der Waals surface area contributed by atoms with E-state index in [0.29, 0.717) is 6.04 Å². The topological polar surface area (TPSA) is 32.3 Å². The van der Waals surface area contributed by atoms with Crippen molar-refractivity contribution in [3.63, 3.8) is 0 Å². The van der Waals surface area contributed by atoms with E-state index in [0.717, 1.165) is 19.5 Å². The van der Waals surface area contributed by atoms with Crippen LogP contribution in [0.4, 0.5) is 0 Å². The third-order valence-electron chi connectivity index (χ3n) is 3.51. The lowest BCUT2D eigenvalue weighted by Crippen LogP contribution is -2.36. The molecular weight excluding hydrogens is 236 g/mol. The number of benzene rings is 1. The van der Waals surface area contributed by atoms with Gasteiger partial charge in [0.05, 0.1) is 0 Å². The average Bonchev–Trinajstić information content (AvgIpc) is 2.71. The molecule has 1 aromatic carbocycles. The maximum atomic E-state index is 11.5. The third-order valence-corrected chi connectivity index (χ3v) is 3.51. The van der Waals surface area contributed by atoms with Gasteiger partial charge < -0.3 is 5.32 Å². The van der Waals surface area contributed by atoms with Crippen molar-refractivity contribution in [2.45, 2.75) is 38.9 Å². The van der Waals surface area contributed by atoms with E-state index in [1.54, 1.807) is 6.92 Å². The summed E-state index contributed by atoms with van der Waals surface area (Å²) in [4.78, 5) is 13.9. The van der Waals surface area contributed by atoms with Gasteiger partial charge in [0.2, 0.25) is 0 Å². The van der Waals surface area contributed by atoms with Crippen molar-refractivity contribution in [3.05, 3.63) is 35.9 Å². The Morgan fingerprint density at radius 3 is 2.84 bits per heavy atom. The standard InChI is InChI=1S/C16H20N2O/c1-3-7-16(19)17-15-10-13(2)18(12-15)11-14-8-5-4-6-9-14/h4-6,8-9,13,15H,10-12H2,1-2H3,(H,17,19)/t13-,15+/m0/s1. The molecule has 2 atom stereocenters. The molecule has 0 saturated carbocycles. The number of hydrogen-bond donors (Lipinski definition) is 1. The van der Waals surface area contributed by atoms with Gasteiger partial charge in [0.1, 0.15) is 0 Å². The van der Waals surface area contributed by atoms with E-state index in [2.05, 4.69) is 53.2 Å². The van der Waals surface area contributed by atoms with Gasteiger partial charge in [-0.1, -0.05) is 36.3 Å². The van der Waals surface area contributed by atoms with Crippen molar-refractivity contribution >= 4 is 5.91 Å². The van der Waals surface area contributed by atoms with E-state index in [4.69, 9.17) is 0 Å². The molecule has 1 heterocycles. The number of carbonyl (C=O) groups excluding carboxylic acids is 1. The highest BCUT2D eigenvalue weighted by atomic mass is 16.1. The van der Waals surface area contributed by atoms with Crippen LogP contribution in [0, 0.1) is 11.8 Å². The smallest absolute Gasteiger partial charge is 0.296 e. The molecule has 19 heavy (non-hydrogen) atoms. The van der Waals surface area contributed by atoms with E-state index in [1.807, 2.05) is 6.07 Å². The number of nitrogens with zero attached hydrogens (tertiary/aromatic N) is 1. The van der Waals surface area contributed by atoms with E-state index < -0.39 is 0 Å². The number of amides is 1. The van der Waals surface area contributed by atoms with Crippen LogP contribution in [-0.4, -0.2) is 29.4 Å². The summed E-state index contributed by atoms with van der Waals surface area (Å²) < 4.78 is 0. The Morgan fingerprint density at radius 2 is 2.16 bits per heavy atom. The molecule has 0 aliphatic carbocycles. The Bertz CT molecular complexity index is 486. The lowest BCUT2D eigenvalue weighted by atomic mass is 10.2. The van der Waals surface area contributed by atoms with Gasteiger partial charge in [-0.2, -0.15) is 0 Å². The Morgan fingerprint density at radius 1 is 1.42 bits per heavy atom. The Kier molecular flexibility index (Phi) is 4.59. The molecule has 1 N–H and O–H groups in total. The molecule has 1 aromatic rings. The van der Waals surface area contributed by atoms with Crippen LogP contribution in [0.3, 0.4) is 0 Å². The summed E-state index contributed by atoms with van der Waals surface area (Å²) in [7, 11) is 0. The minimum Gasteiger partial charge on any atom is -0.341 e. The maximum absolute atomic E-state index is 11.5. The second-order valence-electron chi connectivity index (χ2n) is 5.05. The van der Waals surface area contributed by atoms with Gasteiger partial charge in [0.15, 0.2) is 0 Å². The summed E-state index contributed by atoms with van der Waals surface area (Å²) in [6, 6.07) is 11.1. The van der Waals surface area contributed by atoms with Crippen LogP contribution in [0.25, 0.3) is 0 Å². The van der Waals surface area contributed by atoms with Gasteiger partial charge in [-0.05, 0) is 31.8 Å². The predicted octanol–water partition coefficient (Wildman–Crippen LogP) is 1.79. The minimum absolute atomic E-state index is 0.165. The second-order valence-corrected chi connectivity index (χ2v) is 5.05. The number of likely N-dealkylation sites (tertiary alicyclic amines) is 1. The van der Waals surface area contributed by atoms with Crippen molar-refractivity contribution in [2.75, 3.05) is 6.54 Å². The highest BCUT2D eigenvalue weighted by Gasteiger charge is 2.29.